The first kappa shape index (κ1) is 16.3. The molecule has 1 atom stereocenters. The maximum absolute atomic E-state index is 11.9. The van der Waals surface area contributed by atoms with E-state index in [1.165, 1.54) is 11.3 Å². The maximum Gasteiger partial charge on any atom is 0.220 e. The smallest absolute Gasteiger partial charge is 0.220 e. The third-order valence-electron chi connectivity index (χ3n) is 3.18. The van der Waals surface area contributed by atoms with Crippen molar-refractivity contribution >= 4 is 40.4 Å². The summed E-state index contributed by atoms with van der Waals surface area (Å²) >= 11 is 13.3. The molecule has 114 valence electrons. The maximum atomic E-state index is 11.9. The van der Waals surface area contributed by atoms with Gasteiger partial charge in [-0.05, 0) is 31.4 Å². The average molecular weight is 346 g/mol. The van der Waals surface area contributed by atoms with Gasteiger partial charge in [-0.1, -0.05) is 23.2 Å². The minimum atomic E-state index is -0.0367. The standard InChI is InChI=1S/C14H17Cl2N3OS/c1-9(11-7-17-19(2)8-11)18-13(20)5-3-4-10-6-12(15)21-14(10)16/h6-9H,3-5H2,1-2H3,(H,18,20)/t9-/m0/s1. The highest BCUT2D eigenvalue weighted by Crippen LogP contribution is 2.32. The molecule has 2 heterocycles. The Kier molecular flexibility index (Phi) is 5.67. The van der Waals surface area contributed by atoms with Crippen LogP contribution in [-0.2, 0) is 18.3 Å². The second-order valence-electron chi connectivity index (χ2n) is 4.94. The van der Waals surface area contributed by atoms with Crippen molar-refractivity contribution in [2.75, 3.05) is 0 Å². The van der Waals surface area contributed by atoms with Gasteiger partial charge in [-0.15, -0.1) is 11.3 Å². The first-order valence-electron chi connectivity index (χ1n) is 6.67. The van der Waals surface area contributed by atoms with E-state index in [1.807, 2.05) is 26.2 Å². The lowest BCUT2D eigenvalue weighted by Gasteiger charge is -2.11. The molecule has 0 unspecified atom stereocenters. The molecule has 0 aliphatic carbocycles. The molecule has 1 N–H and O–H groups in total. The fourth-order valence-electron chi connectivity index (χ4n) is 2.04. The molecule has 0 radical (unpaired) electrons. The van der Waals surface area contributed by atoms with Gasteiger partial charge in [-0.25, -0.2) is 0 Å². The molecular formula is C14H17Cl2N3OS. The van der Waals surface area contributed by atoms with E-state index < -0.39 is 0 Å². The molecule has 7 heteroatoms. The molecule has 1 amide bonds. The van der Waals surface area contributed by atoms with Crippen LogP contribution < -0.4 is 5.32 Å². The largest absolute Gasteiger partial charge is 0.349 e. The molecule has 2 aromatic rings. The van der Waals surface area contributed by atoms with Gasteiger partial charge in [0.1, 0.15) is 0 Å². The van der Waals surface area contributed by atoms with Gasteiger partial charge in [0, 0.05) is 25.2 Å². The number of rotatable bonds is 6. The summed E-state index contributed by atoms with van der Waals surface area (Å²) in [5, 5.41) is 7.07. The number of hydrogen-bond donors (Lipinski definition) is 1. The van der Waals surface area contributed by atoms with Crippen LogP contribution in [0.25, 0.3) is 0 Å². The monoisotopic (exact) mass is 345 g/mol. The van der Waals surface area contributed by atoms with Crippen molar-refractivity contribution in [1.82, 2.24) is 15.1 Å². The van der Waals surface area contributed by atoms with E-state index in [9.17, 15) is 4.79 Å². The molecule has 0 saturated heterocycles. The minimum absolute atomic E-state index is 0.0313. The number of thiophene rings is 1. The molecule has 0 bridgehead atoms. The number of carbonyl (C=O) groups is 1. The molecule has 0 spiro atoms. The highest BCUT2D eigenvalue weighted by atomic mass is 35.5. The van der Waals surface area contributed by atoms with Crippen LogP contribution >= 0.6 is 34.5 Å². The van der Waals surface area contributed by atoms with Gasteiger partial charge in [-0.2, -0.15) is 5.10 Å². The summed E-state index contributed by atoms with van der Waals surface area (Å²) < 4.78 is 3.12. The fraction of sp³-hybridized carbons (Fsp3) is 0.429. The summed E-state index contributed by atoms with van der Waals surface area (Å²) in [4.78, 5) is 11.9. The highest BCUT2D eigenvalue weighted by Gasteiger charge is 2.12. The van der Waals surface area contributed by atoms with Gasteiger partial charge < -0.3 is 5.32 Å². The van der Waals surface area contributed by atoms with Crippen LogP contribution in [-0.4, -0.2) is 15.7 Å². The molecule has 0 fully saturated rings. The van der Waals surface area contributed by atoms with Crippen molar-refractivity contribution in [2.24, 2.45) is 7.05 Å². The lowest BCUT2D eigenvalue weighted by Crippen LogP contribution is -2.26. The molecule has 0 saturated carbocycles. The predicted molar refractivity (Wildman–Crippen MR) is 87.0 cm³/mol. The molecule has 2 aromatic heterocycles. The van der Waals surface area contributed by atoms with Crippen LogP contribution in [0.5, 0.6) is 0 Å². The summed E-state index contributed by atoms with van der Waals surface area (Å²) in [6.45, 7) is 1.95. The zero-order valence-electron chi connectivity index (χ0n) is 11.9. The Hall–Kier alpha value is -1.04. The number of halogens is 2. The number of aryl methyl sites for hydroxylation is 2. The van der Waals surface area contributed by atoms with E-state index in [0.29, 0.717) is 15.1 Å². The number of nitrogens with zero attached hydrogens (tertiary/aromatic N) is 2. The number of carbonyl (C=O) groups excluding carboxylic acids is 1. The van der Waals surface area contributed by atoms with E-state index in [0.717, 1.165) is 24.0 Å². The van der Waals surface area contributed by atoms with Crippen LogP contribution in [0.2, 0.25) is 8.67 Å². The lowest BCUT2D eigenvalue weighted by molar-refractivity contribution is -0.121. The Morgan fingerprint density at radius 3 is 2.86 bits per heavy atom. The van der Waals surface area contributed by atoms with Crippen LogP contribution in [0.3, 0.4) is 0 Å². The Morgan fingerprint density at radius 2 is 2.29 bits per heavy atom. The Labute approximate surface area is 138 Å². The molecule has 0 aliphatic rings. The highest BCUT2D eigenvalue weighted by molar-refractivity contribution is 7.20. The molecular weight excluding hydrogens is 329 g/mol. The molecule has 2 rings (SSSR count). The Morgan fingerprint density at radius 1 is 1.52 bits per heavy atom. The fourth-order valence-corrected chi connectivity index (χ4v) is 3.59. The van der Waals surface area contributed by atoms with Crippen LogP contribution in [0.15, 0.2) is 18.5 Å². The molecule has 21 heavy (non-hydrogen) atoms. The van der Waals surface area contributed by atoms with Crippen LogP contribution in [0.4, 0.5) is 0 Å². The number of nitrogens with one attached hydrogen (secondary N) is 1. The first-order valence-corrected chi connectivity index (χ1v) is 8.24. The molecule has 0 aliphatic heterocycles. The summed E-state index contributed by atoms with van der Waals surface area (Å²) in [7, 11) is 1.85. The molecule has 0 aromatic carbocycles. The first-order chi connectivity index (χ1) is 9.95. The van der Waals surface area contributed by atoms with Gasteiger partial charge >= 0.3 is 0 Å². The number of amides is 1. The van der Waals surface area contributed by atoms with Gasteiger partial charge in [0.25, 0.3) is 0 Å². The lowest BCUT2D eigenvalue weighted by atomic mass is 10.1. The van der Waals surface area contributed by atoms with Crippen LogP contribution in [0.1, 0.15) is 36.9 Å². The van der Waals surface area contributed by atoms with Gasteiger partial charge in [0.15, 0.2) is 0 Å². The van der Waals surface area contributed by atoms with Gasteiger partial charge in [0.05, 0.1) is 20.9 Å². The summed E-state index contributed by atoms with van der Waals surface area (Å²) in [6, 6.07) is 1.83. The van der Waals surface area contributed by atoms with E-state index >= 15 is 0 Å². The summed E-state index contributed by atoms with van der Waals surface area (Å²) in [5.74, 6) is 0.0313. The third kappa shape index (κ3) is 4.73. The van der Waals surface area contributed by atoms with Crippen molar-refractivity contribution < 1.29 is 4.79 Å². The number of hydrogen-bond acceptors (Lipinski definition) is 3. The quantitative estimate of drug-likeness (QED) is 0.860. The van der Waals surface area contributed by atoms with E-state index in [2.05, 4.69) is 10.4 Å². The van der Waals surface area contributed by atoms with Gasteiger partial charge in [0.2, 0.25) is 5.91 Å². The van der Waals surface area contributed by atoms with Crippen molar-refractivity contribution in [3.05, 3.63) is 38.3 Å². The van der Waals surface area contributed by atoms with Gasteiger partial charge in [-0.3, -0.25) is 9.48 Å². The Bertz CT molecular complexity index is 624. The van der Waals surface area contributed by atoms with Crippen molar-refractivity contribution in [3.8, 4) is 0 Å². The second-order valence-corrected chi connectivity index (χ2v) is 7.23. The predicted octanol–water partition coefficient (Wildman–Crippen LogP) is 3.99. The second kappa shape index (κ2) is 7.29. The van der Waals surface area contributed by atoms with Crippen molar-refractivity contribution in [2.45, 2.75) is 32.2 Å². The van der Waals surface area contributed by atoms with E-state index in [-0.39, 0.29) is 11.9 Å². The Balaban J connectivity index is 1.76. The van der Waals surface area contributed by atoms with E-state index in [1.54, 1.807) is 10.9 Å². The normalized spacial score (nSPS) is 12.4. The molecule has 4 nitrogen and oxygen atoms in total. The van der Waals surface area contributed by atoms with Crippen molar-refractivity contribution in [3.63, 3.8) is 0 Å². The summed E-state index contributed by atoms with van der Waals surface area (Å²) in [6.07, 6.45) is 5.64. The topological polar surface area (TPSA) is 46.9 Å². The zero-order valence-corrected chi connectivity index (χ0v) is 14.2. The van der Waals surface area contributed by atoms with E-state index in [4.69, 9.17) is 23.2 Å². The van der Waals surface area contributed by atoms with Crippen molar-refractivity contribution in [1.29, 1.82) is 0 Å². The summed E-state index contributed by atoms with van der Waals surface area (Å²) in [5.41, 5.74) is 2.01. The SMILES string of the molecule is C[C@H](NC(=O)CCCc1cc(Cl)sc1Cl)c1cnn(C)c1. The van der Waals surface area contributed by atoms with Crippen LogP contribution in [0, 0.1) is 0 Å². The zero-order chi connectivity index (χ0) is 15.4. The average Bonchev–Trinajstić information content (AvgIpc) is 2.96. The minimum Gasteiger partial charge on any atom is -0.349 e. The third-order valence-corrected chi connectivity index (χ3v) is 4.75. The number of aromatic nitrogens is 2.